The average Bonchev–Trinajstić information content (AvgIpc) is 2.68. The summed E-state index contributed by atoms with van der Waals surface area (Å²) in [5, 5.41) is 5.20. The molecule has 126 valence electrons. The molecule has 0 amide bonds. The highest BCUT2D eigenvalue weighted by Crippen LogP contribution is 2.33. The Hall–Kier alpha value is -2.64. The molecule has 0 N–H and O–H groups in total. The van der Waals surface area contributed by atoms with Crippen molar-refractivity contribution in [2.45, 2.75) is 13.8 Å². The van der Waals surface area contributed by atoms with Crippen molar-refractivity contribution in [1.29, 1.82) is 0 Å². The minimum Gasteiger partial charge on any atom is -0.382 e. The molecule has 0 saturated carbocycles. The van der Waals surface area contributed by atoms with Crippen LogP contribution in [0.2, 0.25) is 0 Å². The smallest absolute Gasteiger partial charge is 0.0437 e. The van der Waals surface area contributed by atoms with Crippen LogP contribution in [0.3, 0.4) is 0 Å². The van der Waals surface area contributed by atoms with Crippen molar-refractivity contribution < 1.29 is 4.74 Å². The van der Waals surface area contributed by atoms with Crippen molar-refractivity contribution in [2.24, 2.45) is 0 Å². The first-order chi connectivity index (χ1) is 12.3. The molecule has 4 rings (SSSR count). The second-order valence-electron chi connectivity index (χ2n) is 5.83. The largest absolute Gasteiger partial charge is 0.382 e. The lowest BCUT2D eigenvalue weighted by atomic mass is 9.94. The third-order valence-corrected chi connectivity index (χ3v) is 4.28. The molecule has 0 spiro atoms. The maximum absolute atomic E-state index is 4.83. The van der Waals surface area contributed by atoms with Crippen molar-refractivity contribution in [3.63, 3.8) is 0 Å². The first-order valence-electron chi connectivity index (χ1n) is 8.88. The molecule has 0 atom stereocenters. The molecule has 0 fully saturated rings. The summed E-state index contributed by atoms with van der Waals surface area (Å²) in [6.45, 7) is 5.67. The number of ether oxygens (including phenoxy) is 1. The van der Waals surface area contributed by atoms with Crippen molar-refractivity contribution in [3.05, 3.63) is 84.9 Å². The van der Waals surface area contributed by atoms with E-state index in [1.807, 2.05) is 13.8 Å². The lowest BCUT2D eigenvalue weighted by Gasteiger charge is -2.10. The van der Waals surface area contributed by atoms with Gasteiger partial charge in [-0.1, -0.05) is 84.9 Å². The monoisotopic (exact) mass is 328 g/mol. The molecule has 0 heterocycles. The van der Waals surface area contributed by atoms with E-state index in [9.17, 15) is 0 Å². The van der Waals surface area contributed by atoms with Crippen molar-refractivity contribution >= 4 is 21.5 Å². The first kappa shape index (κ1) is 17.2. The number of benzene rings is 4. The second-order valence-corrected chi connectivity index (χ2v) is 5.83. The van der Waals surface area contributed by atoms with E-state index >= 15 is 0 Å². The van der Waals surface area contributed by atoms with E-state index in [0.717, 1.165) is 13.2 Å². The van der Waals surface area contributed by atoms with Gasteiger partial charge in [-0.2, -0.15) is 0 Å². The highest BCUT2D eigenvalue weighted by atomic mass is 16.5. The molecular weight excluding hydrogens is 304 g/mol. The van der Waals surface area contributed by atoms with E-state index < -0.39 is 0 Å². The van der Waals surface area contributed by atoms with E-state index in [1.165, 1.54) is 32.7 Å². The van der Waals surface area contributed by atoms with E-state index in [4.69, 9.17) is 4.74 Å². The van der Waals surface area contributed by atoms with Gasteiger partial charge in [0.2, 0.25) is 0 Å². The van der Waals surface area contributed by atoms with Gasteiger partial charge in [0.25, 0.3) is 0 Å². The number of rotatable bonds is 3. The van der Waals surface area contributed by atoms with Gasteiger partial charge in [0.15, 0.2) is 0 Å². The van der Waals surface area contributed by atoms with Gasteiger partial charge in [-0.25, -0.2) is 0 Å². The zero-order valence-corrected chi connectivity index (χ0v) is 14.9. The number of fused-ring (bicyclic) bond motifs is 2. The first-order valence-corrected chi connectivity index (χ1v) is 8.88. The minimum atomic E-state index is 0.844. The molecule has 0 aliphatic carbocycles. The Labute approximate surface area is 149 Å². The Morgan fingerprint density at radius 3 is 1.32 bits per heavy atom. The zero-order valence-electron chi connectivity index (χ0n) is 14.9. The Balaban J connectivity index is 0.000000324. The molecule has 0 radical (unpaired) electrons. The molecular formula is C24H24O. The van der Waals surface area contributed by atoms with E-state index in [0.29, 0.717) is 0 Å². The molecule has 25 heavy (non-hydrogen) atoms. The van der Waals surface area contributed by atoms with Gasteiger partial charge in [0, 0.05) is 13.2 Å². The summed E-state index contributed by atoms with van der Waals surface area (Å²) in [6, 6.07) is 30.2. The van der Waals surface area contributed by atoms with Crippen LogP contribution in [-0.2, 0) is 4.74 Å². The summed E-state index contributed by atoms with van der Waals surface area (Å²) >= 11 is 0. The topological polar surface area (TPSA) is 9.23 Å². The Morgan fingerprint density at radius 1 is 0.520 bits per heavy atom. The van der Waals surface area contributed by atoms with E-state index in [-0.39, 0.29) is 0 Å². The fourth-order valence-corrected chi connectivity index (χ4v) is 3.12. The summed E-state index contributed by atoms with van der Waals surface area (Å²) in [7, 11) is 0. The highest BCUT2D eigenvalue weighted by molar-refractivity contribution is 6.05. The predicted molar refractivity (Wildman–Crippen MR) is 109 cm³/mol. The summed E-state index contributed by atoms with van der Waals surface area (Å²) in [5.74, 6) is 0. The van der Waals surface area contributed by atoms with Crippen LogP contribution in [0.15, 0.2) is 84.9 Å². The molecule has 0 saturated heterocycles. The Bertz CT molecular complexity index is 866. The normalized spacial score (nSPS) is 10.5. The Morgan fingerprint density at radius 2 is 0.920 bits per heavy atom. The lowest BCUT2D eigenvalue weighted by Crippen LogP contribution is -1.84. The molecule has 0 aromatic heterocycles. The van der Waals surface area contributed by atoms with Gasteiger partial charge >= 0.3 is 0 Å². The van der Waals surface area contributed by atoms with Crippen LogP contribution in [0.4, 0.5) is 0 Å². The van der Waals surface area contributed by atoms with Gasteiger partial charge < -0.3 is 4.74 Å². The second kappa shape index (κ2) is 8.46. The molecule has 1 heteroatoms. The summed E-state index contributed by atoms with van der Waals surface area (Å²) in [6.07, 6.45) is 0. The number of hydrogen-bond acceptors (Lipinski definition) is 1. The quantitative estimate of drug-likeness (QED) is 0.406. The van der Waals surface area contributed by atoms with Gasteiger partial charge in [0.05, 0.1) is 0 Å². The third kappa shape index (κ3) is 3.89. The van der Waals surface area contributed by atoms with Crippen molar-refractivity contribution in [3.8, 4) is 11.1 Å². The third-order valence-electron chi connectivity index (χ3n) is 4.28. The summed E-state index contributed by atoms with van der Waals surface area (Å²) in [5.41, 5.74) is 2.61. The van der Waals surface area contributed by atoms with Crippen LogP contribution in [0.1, 0.15) is 13.8 Å². The minimum absolute atomic E-state index is 0.844. The van der Waals surface area contributed by atoms with Crippen molar-refractivity contribution in [2.75, 3.05) is 13.2 Å². The molecule has 0 aliphatic heterocycles. The van der Waals surface area contributed by atoms with Crippen LogP contribution in [-0.4, -0.2) is 13.2 Å². The maximum Gasteiger partial charge on any atom is 0.0437 e. The van der Waals surface area contributed by atoms with Crippen LogP contribution in [0, 0.1) is 0 Å². The molecule has 4 aromatic carbocycles. The number of hydrogen-bond donors (Lipinski definition) is 0. The Kier molecular flexibility index (Phi) is 5.81. The molecule has 4 aromatic rings. The summed E-state index contributed by atoms with van der Waals surface area (Å²) < 4.78 is 4.83. The summed E-state index contributed by atoms with van der Waals surface area (Å²) in [4.78, 5) is 0. The molecule has 0 unspecified atom stereocenters. The predicted octanol–water partition coefficient (Wildman–Crippen LogP) is 6.70. The average molecular weight is 328 g/mol. The van der Waals surface area contributed by atoms with Crippen LogP contribution >= 0.6 is 0 Å². The standard InChI is InChI=1S/C20H14.C4H10O/c1-3-11-17-15(7-1)9-5-13-19(17)20-14-6-10-16-8-2-4-12-18(16)20;1-3-5-4-2/h1-14H;3-4H2,1-2H3. The fourth-order valence-electron chi connectivity index (χ4n) is 3.12. The van der Waals surface area contributed by atoms with E-state index in [1.54, 1.807) is 0 Å². The lowest BCUT2D eigenvalue weighted by molar-refractivity contribution is 0.162. The zero-order chi connectivity index (χ0) is 17.5. The van der Waals surface area contributed by atoms with Crippen LogP contribution in [0.5, 0.6) is 0 Å². The van der Waals surface area contributed by atoms with Gasteiger partial charge in [-0.05, 0) is 46.5 Å². The van der Waals surface area contributed by atoms with Gasteiger partial charge in [0.1, 0.15) is 0 Å². The van der Waals surface area contributed by atoms with E-state index in [2.05, 4.69) is 84.9 Å². The van der Waals surface area contributed by atoms with Gasteiger partial charge in [-0.15, -0.1) is 0 Å². The van der Waals surface area contributed by atoms with Crippen molar-refractivity contribution in [1.82, 2.24) is 0 Å². The molecule has 1 nitrogen and oxygen atoms in total. The maximum atomic E-state index is 4.83. The molecule has 0 aliphatic rings. The van der Waals surface area contributed by atoms with Gasteiger partial charge in [-0.3, -0.25) is 0 Å². The van der Waals surface area contributed by atoms with Crippen LogP contribution in [0.25, 0.3) is 32.7 Å². The van der Waals surface area contributed by atoms with Crippen LogP contribution < -0.4 is 0 Å². The molecule has 0 bridgehead atoms. The SMILES string of the molecule is CCOCC.c1ccc2c(-c3cccc4ccccc34)cccc2c1. The highest BCUT2D eigenvalue weighted by Gasteiger charge is 2.06. The fraction of sp³-hybridized carbons (Fsp3) is 0.167.